The average Bonchev–Trinajstić information content (AvgIpc) is 2.34. The van der Waals surface area contributed by atoms with Crippen molar-refractivity contribution in [2.24, 2.45) is 0 Å². The molecule has 1 aromatic carbocycles. The highest BCUT2D eigenvalue weighted by Crippen LogP contribution is 2.01. The molecule has 0 amide bonds. The van der Waals surface area contributed by atoms with Crippen molar-refractivity contribution in [3.8, 4) is 0 Å². The number of hydrogen-bond acceptors (Lipinski definition) is 0. The van der Waals surface area contributed by atoms with Gasteiger partial charge < -0.3 is 4.90 Å². The lowest BCUT2D eigenvalue weighted by molar-refractivity contribution is -0.833. The van der Waals surface area contributed by atoms with Crippen molar-refractivity contribution < 1.29 is 4.90 Å². The molecule has 0 heterocycles. The first-order chi connectivity index (χ1) is 7.88. The quantitative estimate of drug-likeness (QED) is 0.642. The van der Waals surface area contributed by atoms with Gasteiger partial charge in [0.25, 0.3) is 0 Å². The summed E-state index contributed by atoms with van der Waals surface area (Å²) < 4.78 is 0. The first kappa shape index (κ1) is 13.2. The summed E-state index contributed by atoms with van der Waals surface area (Å²) in [6.07, 6.45) is 6.72. The normalized spacial score (nSPS) is 12.6. The van der Waals surface area contributed by atoms with Crippen LogP contribution in [-0.4, -0.2) is 13.1 Å². The highest BCUT2D eigenvalue weighted by atomic mass is 15.1. The fourth-order valence-corrected chi connectivity index (χ4v) is 2.15. The second-order valence-corrected chi connectivity index (χ2v) is 4.53. The van der Waals surface area contributed by atoms with Crippen molar-refractivity contribution >= 4 is 5.69 Å². The van der Waals surface area contributed by atoms with Gasteiger partial charge in [0.05, 0.1) is 13.1 Å². The van der Waals surface area contributed by atoms with Crippen molar-refractivity contribution in [3.05, 3.63) is 30.3 Å². The lowest BCUT2D eigenvalue weighted by Crippen LogP contribution is -3.07. The number of hydrogen-bond donors (Lipinski definition) is 1. The molecular formula is C15H26N+. The molecule has 1 unspecified atom stereocenters. The molecule has 0 aliphatic heterocycles. The van der Waals surface area contributed by atoms with Crippen LogP contribution >= 0.6 is 0 Å². The molecule has 1 aromatic rings. The summed E-state index contributed by atoms with van der Waals surface area (Å²) in [5.74, 6) is 0. The number of nitrogens with one attached hydrogen (secondary N) is 1. The van der Waals surface area contributed by atoms with Crippen molar-refractivity contribution in [1.82, 2.24) is 0 Å². The second-order valence-electron chi connectivity index (χ2n) is 4.53. The highest BCUT2D eigenvalue weighted by Gasteiger charge is 2.09. The van der Waals surface area contributed by atoms with Gasteiger partial charge in [0.15, 0.2) is 0 Å². The summed E-state index contributed by atoms with van der Waals surface area (Å²) in [7, 11) is 0. The van der Waals surface area contributed by atoms with Crippen molar-refractivity contribution in [2.75, 3.05) is 13.1 Å². The van der Waals surface area contributed by atoms with Gasteiger partial charge in [0, 0.05) is 0 Å². The molecule has 1 nitrogen and oxygen atoms in total. The summed E-state index contributed by atoms with van der Waals surface area (Å²) >= 11 is 0. The molecule has 0 spiro atoms. The minimum absolute atomic E-state index is 1.26. The zero-order valence-electron chi connectivity index (χ0n) is 10.8. The van der Waals surface area contributed by atoms with Crippen LogP contribution in [0.3, 0.4) is 0 Å². The second kappa shape index (κ2) is 8.35. The zero-order valence-corrected chi connectivity index (χ0v) is 10.8. The van der Waals surface area contributed by atoms with E-state index in [0.717, 1.165) is 0 Å². The zero-order chi connectivity index (χ0) is 11.6. The van der Waals surface area contributed by atoms with E-state index in [-0.39, 0.29) is 0 Å². The Bertz CT molecular complexity index is 255. The SMILES string of the molecule is CCCCCC[NH+](CCC)c1ccccc1. The topological polar surface area (TPSA) is 4.44 Å². The minimum Gasteiger partial charge on any atom is -0.303 e. The van der Waals surface area contributed by atoms with Gasteiger partial charge in [0.2, 0.25) is 0 Å². The van der Waals surface area contributed by atoms with Crippen LogP contribution in [0.5, 0.6) is 0 Å². The molecule has 0 saturated carbocycles. The number of benzene rings is 1. The number of quaternary nitrogens is 1. The summed E-state index contributed by atoms with van der Waals surface area (Å²) in [6, 6.07) is 10.9. The number of para-hydroxylation sites is 1. The Morgan fingerprint density at radius 2 is 1.56 bits per heavy atom. The molecule has 1 heteroatoms. The third kappa shape index (κ3) is 4.80. The molecule has 0 fully saturated rings. The Morgan fingerprint density at radius 1 is 0.812 bits per heavy atom. The molecule has 1 rings (SSSR count). The predicted molar refractivity (Wildman–Crippen MR) is 71.2 cm³/mol. The van der Waals surface area contributed by atoms with E-state index >= 15 is 0 Å². The van der Waals surface area contributed by atoms with Crippen LogP contribution in [0.4, 0.5) is 5.69 Å². The first-order valence-electron chi connectivity index (χ1n) is 6.78. The molecule has 90 valence electrons. The highest BCUT2D eigenvalue weighted by molar-refractivity contribution is 5.27. The molecule has 0 saturated heterocycles. The Morgan fingerprint density at radius 3 is 2.19 bits per heavy atom. The first-order valence-corrected chi connectivity index (χ1v) is 6.78. The number of unbranched alkanes of at least 4 members (excludes halogenated alkanes) is 3. The van der Waals surface area contributed by atoms with Gasteiger partial charge in [-0.25, -0.2) is 0 Å². The van der Waals surface area contributed by atoms with Gasteiger partial charge in [-0.1, -0.05) is 44.9 Å². The third-order valence-electron chi connectivity index (χ3n) is 3.07. The maximum atomic E-state index is 2.27. The van der Waals surface area contributed by atoms with Crippen LogP contribution < -0.4 is 4.90 Å². The van der Waals surface area contributed by atoms with Crippen LogP contribution in [-0.2, 0) is 0 Å². The van der Waals surface area contributed by atoms with Crippen LogP contribution in [0, 0.1) is 0 Å². The van der Waals surface area contributed by atoms with Gasteiger partial charge in [-0.15, -0.1) is 0 Å². The maximum Gasteiger partial charge on any atom is 0.131 e. The molecule has 1 N–H and O–H groups in total. The van der Waals surface area contributed by atoms with E-state index in [1.807, 2.05) is 0 Å². The van der Waals surface area contributed by atoms with E-state index in [1.165, 1.54) is 50.9 Å². The predicted octanol–water partition coefficient (Wildman–Crippen LogP) is 3.19. The Balaban J connectivity index is 2.41. The Hall–Kier alpha value is -0.820. The molecular weight excluding hydrogens is 194 g/mol. The van der Waals surface area contributed by atoms with Gasteiger partial charge in [-0.2, -0.15) is 0 Å². The number of rotatable bonds is 8. The van der Waals surface area contributed by atoms with Crippen molar-refractivity contribution in [1.29, 1.82) is 0 Å². The van der Waals surface area contributed by atoms with E-state index in [4.69, 9.17) is 0 Å². The van der Waals surface area contributed by atoms with Gasteiger partial charge in [0.1, 0.15) is 5.69 Å². The monoisotopic (exact) mass is 220 g/mol. The van der Waals surface area contributed by atoms with E-state index < -0.39 is 0 Å². The lowest BCUT2D eigenvalue weighted by Gasteiger charge is -2.18. The van der Waals surface area contributed by atoms with Crippen LogP contribution in [0.2, 0.25) is 0 Å². The van der Waals surface area contributed by atoms with Crippen LogP contribution in [0.25, 0.3) is 0 Å². The standard InChI is InChI=1S/C15H25N/c1-3-5-6-10-14-16(13-4-2)15-11-8-7-9-12-15/h7-9,11-12H,3-6,10,13-14H2,1-2H3/p+1. The largest absolute Gasteiger partial charge is 0.303 e. The summed E-state index contributed by atoms with van der Waals surface area (Å²) in [5, 5.41) is 0. The van der Waals surface area contributed by atoms with E-state index in [9.17, 15) is 0 Å². The van der Waals surface area contributed by atoms with E-state index in [1.54, 1.807) is 4.90 Å². The Kier molecular flexibility index (Phi) is 6.91. The maximum absolute atomic E-state index is 2.27. The average molecular weight is 220 g/mol. The van der Waals surface area contributed by atoms with Gasteiger partial charge in [-0.3, -0.25) is 0 Å². The van der Waals surface area contributed by atoms with Crippen LogP contribution in [0.15, 0.2) is 30.3 Å². The Labute approximate surface area is 100 Å². The van der Waals surface area contributed by atoms with E-state index in [0.29, 0.717) is 0 Å². The summed E-state index contributed by atoms with van der Waals surface area (Å²) in [5.41, 5.74) is 1.46. The molecule has 1 atom stereocenters. The van der Waals surface area contributed by atoms with Crippen LogP contribution in [0.1, 0.15) is 46.0 Å². The minimum atomic E-state index is 1.26. The van der Waals surface area contributed by atoms with Gasteiger partial charge in [-0.05, 0) is 31.4 Å². The van der Waals surface area contributed by atoms with Crippen molar-refractivity contribution in [3.63, 3.8) is 0 Å². The van der Waals surface area contributed by atoms with Gasteiger partial charge >= 0.3 is 0 Å². The fraction of sp³-hybridized carbons (Fsp3) is 0.600. The molecule has 0 radical (unpaired) electrons. The summed E-state index contributed by atoms with van der Waals surface area (Å²) in [6.45, 7) is 7.09. The summed E-state index contributed by atoms with van der Waals surface area (Å²) in [4.78, 5) is 1.65. The molecule has 16 heavy (non-hydrogen) atoms. The third-order valence-corrected chi connectivity index (χ3v) is 3.07. The molecule has 0 bridgehead atoms. The smallest absolute Gasteiger partial charge is 0.131 e. The van der Waals surface area contributed by atoms with E-state index in [2.05, 4.69) is 44.2 Å². The molecule has 0 aliphatic carbocycles. The molecule has 0 aromatic heterocycles. The molecule has 0 aliphatic rings. The fourth-order valence-electron chi connectivity index (χ4n) is 2.15. The lowest BCUT2D eigenvalue weighted by atomic mass is 10.2. The van der Waals surface area contributed by atoms with Crippen molar-refractivity contribution in [2.45, 2.75) is 46.0 Å².